The zero-order valence-corrected chi connectivity index (χ0v) is 11.4. The van der Waals surface area contributed by atoms with Gasteiger partial charge in [0.1, 0.15) is 0 Å². The Morgan fingerprint density at radius 2 is 1.67 bits per heavy atom. The van der Waals surface area contributed by atoms with Crippen LogP contribution >= 0.6 is 0 Å². The van der Waals surface area contributed by atoms with Gasteiger partial charge in [0, 0.05) is 0 Å². The Hall–Kier alpha value is 0.571. The van der Waals surface area contributed by atoms with Gasteiger partial charge in [-0.05, 0) is 12.5 Å². The minimum atomic E-state index is -5.37. The summed E-state index contributed by atoms with van der Waals surface area (Å²) in [7, 11) is 0. The number of benzene rings is 1. The van der Waals surface area contributed by atoms with Crippen LogP contribution in [0.3, 0.4) is 0 Å². The monoisotopic (exact) mass is 248 g/mol. The molecule has 1 aromatic carbocycles. The van der Waals surface area contributed by atoms with E-state index in [0.29, 0.717) is 5.56 Å². The van der Waals surface area contributed by atoms with Crippen molar-refractivity contribution >= 4 is 12.4 Å². The van der Waals surface area contributed by atoms with Crippen LogP contribution in [0.15, 0.2) is 18.2 Å². The van der Waals surface area contributed by atoms with E-state index in [1.807, 2.05) is 0 Å². The number of hydrogen-bond donors (Lipinski definition) is 0. The summed E-state index contributed by atoms with van der Waals surface area (Å²) in [5.74, 6) is 0. The maximum atomic E-state index is 12.3. The molecule has 78 valence electrons. The van der Waals surface area contributed by atoms with Crippen LogP contribution in [0, 0.1) is 6.92 Å². The van der Waals surface area contributed by atoms with Crippen LogP contribution < -0.4 is 56.8 Å². The van der Waals surface area contributed by atoms with Gasteiger partial charge in [-0.1, -0.05) is 29.2 Å². The van der Waals surface area contributed by atoms with Crippen molar-refractivity contribution in [3.63, 3.8) is 0 Å². The Labute approximate surface area is 127 Å². The van der Waals surface area contributed by atoms with Gasteiger partial charge in [-0.3, -0.25) is 0 Å². The van der Waals surface area contributed by atoms with Gasteiger partial charge in [0.05, 0.1) is 0 Å². The molecule has 0 aliphatic rings. The quantitative estimate of drug-likeness (QED) is 0.510. The van der Waals surface area contributed by atoms with Crippen LogP contribution in [0.2, 0.25) is 0 Å². The number of alkyl halides is 2. The molecular formula is C8H7BF5K. The minimum absolute atomic E-state index is 0. The second-order valence-corrected chi connectivity index (χ2v) is 3.01. The van der Waals surface area contributed by atoms with Crippen LogP contribution in [0.1, 0.15) is 17.6 Å². The predicted octanol–water partition coefficient (Wildman–Crippen LogP) is -0.00898. The number of aryl methyl sites for hydroxylation is 1. The van der Waals surface area contributed by atoms with Crippen molar-refractivity contribution in [3.05, 3.63) is 29.3 Å². The molecule has 0 saturated heterocycles. The Balaban J connectivity index is 0.00000196. The van der Waals surface area contributed by atoms with E-state index >= 15 is 0 Å². The molecule has 1 rings (SSSR count). The molecule has 0 atom stereocenters. The molecule has 15 heavy (non-hydrogen) atoms. The van der Waals surface area contributed by atoms with Crippen LogP contribution in [0.5, 0.6) is 0 Å². The first-order chi connectivity index (χ1) is 6.32. The van der Waals surface area contributed by atoms with Gasteiger partial charge in [0.2, 0.25) is 0 Å². The maximum Gasteiger partial charge on any atom is 1.00 e. The summed E-state index contributed by atoms with van der Waals surface area (Å²) in [4.78, 5) is 0. The molecule has 0 aliphatic heterocycles. The molecule has 0 radical (unpaired) electrons. The molecule has 0 unspecified atom stereocenters. The second kappa shape index (κ2) is 5.77. The molecule has 0 saturated carbocycles. The Kier molecular flexibility index (Phi) is 5.99. The molecule has 0 nitrogen and oxygen atoms in total. The van der Waals surface area contributed by atoms with E-state index < -0.39 is 24.4 Å². The molecule has 0 heterocycles. The molecule has 0 fully saturated rings. The molecule has 0 bridgehead atoms. The fourth-order valence-electron chi connectivity index (χ4n) is 1.18. The molecule has 0 aliphatic carbocycles. The molecule has 7 heteroatoms. The first-order valence-electron chi connectivity index (χ1n) is 3.91. The minimum Gasteiger partial charge on any atom is -0.445 e. The van der Waals surface area contributed by atoms with Crippen LogP contribution in [0.25, 0.3) is 0 Å². The van der Waals surface area contributed by atoms with Crippen LogP contribution in [-0.2, 0) is 0 Å². The largest absolute Gasteiger partial charge is 1.00 e. The zero-order chi connectivity index (χ0) is 10.9. The standard InChI is InChI=1S/C8H7BF5.K/c1-5-2-3-6(8(10)11)7(4-5)9(12,13)14;/h2-4,8H,1H3;/q-1;+1. The number of hydrogen-bond acceptors (Lipinski definition) is 0. The van der Waals surface area contributed by atoms with E-state index in [0.717, 1.165) is 12.1 Å². The summed E-state index contributed by atoms with van der Waals surface area (Å²) in [6.07, 6.45) is -3.09. The first kappa shape index (κ1) is 15.6. The molecule has 1 aromatic rings. The average molecular weight is 248 g/mol. The molecule has 0 amide bonds. The van der Waals surface area contributed by atoms with Crippen molar-refractivity contribution in [3.8, 4) is 0 Å². The smallest absolute Gasteiger partial charge is 0.445 e. The van der Waals surface area contributed by atoms with Gasteiger partial charge in [-0.2, -0.15) is 0 Å². The van der Waals surface area contributed by atoms with Gasteiger partial charge in [0.15, 0.2) is 0 Å². The summed E-state index contributed by atoms with van der Waals surface area (Å²) < 4.78 is 61.4. The number of rotatable bonds is 2. The van der Waals surface area contributed by atoms with Crippen LogP contribution in [0.4, 0.5) is 21.7 Å². The van der Waals surface area contributed by atoms with Crippen molar-refractivity contribution in [2.75, 3.05) is 0 Å². The number of halogens is 5. The third-order valence-corrected chi connectivity index (χ3v) is 1.83. The summed E-state index contributed by atoms with van der Waals surface area (Å²) in [5, 5.41) is 0. The average Bonchev–Trinajstić information content (AvgIpc) is 2.01. The van der Waals surface area contributed by atoms with Gasteiger partial charge in [-0.25, -0.2) is 8.78 Å². The van der Waals surface area contributed by atoms with Gasteiger partial charge >= 0.3 is 58.4 Å². The van der Waals surface area contributed by atoms with E-state index in [-0.39, 0.29) is 51.4 Å². The fraction of sp³-hybridized carbons (Fsp3) is 0.250. The summed E-state index contributed by atoms with van der Waals surface area (Å²) in [6, 6.07) is 2.82. The fourth-order valence-corrected chi connectivity index (χ4v) is 1.18. The van der Waals surface area contributed by atoms with Crippen molar-refractivity contribution in [2.45, 2.75) is 13.3 Å². The SMILES string of the molecule is Cc1ccc(C(F)F)c([B-](F)(F)F)c1.[K+]. The molecule has 0 N–H and O–H groups in total. The summed E-state index contributed by atoms with van der Waals surface area (Å²) in [6.45, 7) is -3.94. The first-order valence-corrected chi connectivity index (χ1v) is 3.91. The molecule has 0 aromatic heterocycles. The summed E-state index contributed by atoms with van der Waals surface area (Å²) in [5.41, 5.74) is -1.81. The normalized spacial score (nSPS) is 11.4. The second-order valence-electron chi connectivity index (χ2n) is 3.01. The predicted molar refractivity (Wildman–Crippen MR) is 44.8 cm³/mol. The van der Waals surface area contributed by atoms with E-state index in [1.165, 1.54) is 13.0 Å². The van der Waals surface area contributed by atoms with E-state index in [2.05, 4.69) is 0 Å². The molecule has 0 spiro atoms. The topological polar surface area (TPSA) is 0 Å². The Morgan fingerprint density at radius 1 is 1.13 bits per heavy atom. The summed E-state index contributed by atoms with van der Waals surface area (Å²) >= 11 is 0. The van der Waals surface area contributed by atoms with E-state index in [9.17, 15) is 21.7 Å². The van der Waals surface area contributed by atoms with Crippen molar-refractivity contribution in [1.29, 1.82) is 0 Å². The molecular weight excluding hydrogens is 241 g/mol. The van der Waals surface area contributed by atoms with Crippen molar-refractivity contribution in [1.82, 2.24) is 0 Å². The van der Waals surface area contributed by atoms with Crippen molar-refractivity contribution in [2.24, 2.45) is 0 Å². The third-order valence-electron chi connectivity index (χ3n) is 1.83. The van der Waals surface area contributed by atoms with Crippen molar-refractivity contribution < 1.29 is 73.1 Å². The zero-order valence-electron chi connectivity index (χ0n) is 8.28. The van der Waals surface area contributed by atoms with Gasteiger partial charge in [0.25, 0.3) is 6.43 Å². The van der Waals surface area contributed by atoms with E-state index in [1.54, 1.807) is 0 Å². The Morgan fingerprint density at radius 3 is 2.07 bits per heavy atom. The maximum absolute atomic E-state index is 12.3. The third kappa shape index (κ3) is 4.14. The Bertz CT molecular complexity index is 336. The van der Waals surface area contributed by atoms with E-state index in [4.69, 9.17) is 0 Å². The van der Waals surface area contributed by atoms with Crippen LogP contribution in [-0.4, -0.2) is 6.98 Å². The van der Waals surface area contributed by atoms with Gasteiger partial charge < -0.3 is 12.9 Å². The van der Waals surface area contributed by atoms with Gasteiger partial charge in [-0.15, -0.1) is 0 Å².